The first-order valence-corrected chi connectivity index (χ1v) is 6.14. The molecule has 0 aromatic rings. The summed E-state index contributed by atoms with van der Waals surface area (Å²) in [4.78, 5) is 30.8. The molecular formula is C14H22N2O5. The predicted octanol–water partition coefficient (Wildman–Crippen LogP) is -0.0524. The normalized spacial score (nSPS) is 9.86. The Morgan fingerprint density at radius 2 is 1.52 bits per heavy atom. The molecule has 0 aromatic carbocycles. The maximum Gasteiger partial charge on any atom is 0.330 e. The van der Waals surface area contributed by atoms with Gasteiger partial charge in [0, 0.05) is 6.08 Å². The highest BCUT2D eigenvalue weighted by Crippen LogP contribution is 1.89. The van der Waals surface area contributed by atoms with Gasteiger partial charge in [-0.15, -0.1) is 0 Å². The molecule has 21 heavy (non-hydrogen) atoms. The van der Waals surface area contributed by atoms with Crippen molar-refractivity contribution in [2.45, 2.75) is 20.3 Å². The molecule has 0 bridgehead atoms. The molecule has 0 saturated heterocycles. The summed E-state index contributed by atoms with van der Waals surface area (Å²) in [6.07, 6.45) is 7.40. The zero-order chi connectivity index (χ0) is 16.7. The molecule has 0 spiro atoms. The number of primary amides is 2. The third-order valence-electron chi connectivity index (χ3n) is 1.58. The van der Waals surface area contributed by atoms with Gasteiger partial charge in [0.05, 0.1) is 6.61 Å². The quantitative estimate of drug-likeness (QED) is 0.447. The van der Waals surface area contributed by atoms with Gasteiger partial charge >= 0.3 is 5.97 Å². The Labute approximate surface area is 123 Å². The van der Waals surface area contributed by atoms with Crippen LogP contribution in [0.25, 0.3) is 0 Å². The second kappa shape index (κ2) is 14.0. The average molecular weight is 298 g/mol. The van der Waals surface area contributed by atoms with Crippen LogP contribution in [0.15, 0.2) is 36.0 Å². The van der Waals surface area contributed by atoms with E-state index < -0.39 is 17.8 Å². The minimum Gasteiger partial charge on any atom is -0.460 e. The van der Waals surface area contributed by atoms with Crippen LogP contribution in [0.2, 0.25) is 0 Å². The zero-order valence-electron chi connectivity index (χ0n) is 12.2. The van der Waals surface area contributed by atoms with E-state index in [1.54, 1.807) is 26.0 Å². The van der Waals surface area contributed by atoms with Crippen LogP contribution >= 0.6 is 0 Å². The standard InChI is InChI=1S/C7H10N2O2.C7H12O3/c8-6(10)4-2-1-3-5-7(9)11;1-6(2)5-7(9)10-4-3-8/h2-5H,1H2,(H2,8,10)(H2,9,11);5,8H,3-4H2,1-2H3. The summed E-state index contributed by atoms with van der Waals surface area (Å²) >= 11 is 0. The van der Waals surface area contributed by atoms with E-state index >= 15 is 0 Å². The van der Waals surface area contributed by atoms with Crippen LogP contribution in [0.3, 0.4) is 0 Å². The number of nitrogens with two attached hydrogens (primary N) is 2. The van der Waals surface area contributed by atoms with E-state index in [9.17, 15) is 14.4 Å². The fourth-order valence-electron chi connectivity index (χ4n) is 0.871. The number of allylic oxidation sites excluding steroid dienone is 3. The van der Waals surface area contributed by atoms with Crippen molar-refractivity contribution in [3.63, 3.8) is 0 Å². The van der Waals surface area contributed by atoms with Crippen molar-refractivity contribution in [2.24, 2.45) is 11.5 Å². The van der Waals surface area contributed by atoms with Crippen LogP contribution in [0.5, 0.6) is 0 Å². The summed E-state index contributed by atoms with van der Waals surface area (Å²) in [5.74, 6) is -1.40. The smallest absolute Gasteiger partial charge is 0.330 e. The highest BCUT2D eigenvalue weighted by atomic mass is 16.5. The molecule has 5 N–H and O–H groups in total. The Kier molecular flexibility index (Phi) is 13.9. The topological polar surface area (TPSA) is 133 Å². The fraction of sp³-hybridized carbons (Fsp3) is 0.357. The van der Waals surface area contributed by atoms with Crippen LogP contribution in [0.1, 0.15) is 20.3 Å². The van der Waals surface area contributed by atoms with Crippen molar-refractivity contribution in [3.05, 3.63) is 36.0 Å². The van der Waals surface area contributed by atoms with Gasteiger partial charge in [0.25, 0.3) is 0 Å². The number of carbonyl (C=O) groups excluding carboxylic acids is 3. The Hall–Kier alpha value is -2.41. The third kappa shape index (κ3) is 23.1. The van der Waals surface area contributed by atoms with E-state index in [-0.39, 0.29) is 13.2 Å². The monoisotopic (exact) mass is 298 g/mol. The lowest BCUT2D eigenvalue weighted by atomic mass is 10.3. The molecular weight excluding hydrogens is 276 g/mol. The van der Waals surface area contributed by atoms with Crippen LogP contribution in [0, 0.1) is 0 Å². The van der Waals surface area contributed by atoms with E-state index in [4.69, 9.17) is 16.6 Å². The molecule has 0 atom stereocenters. The summed E-state index contributed by atoms with van der Waals surface area (Å²) < 4.78 is 4.54. The van der Waals surface area contributed by atoms with Crippen molar-refractivity contribution < 1.29 is 24.2 Å². The van der Waals surface area contributed by atoms with Gasteiger partial charge in [-0.25, -0.2) is 4.79 Å². The van der Waals surface area contributed by atoms with E-state index in [1.165, 1.54) is 18.2 Å². The number of esters is 1. The minimum atomic E-state index is -0.502. The molecule has 0 aromatic heterocycles. The Balaban J connectivity index is 0. The van der Waals surface area contributed by atoms with Crippen LogP contribution in [-0.4, -0.2) is 36.1 Å². The van der Waals surface area contributed by atoms with Gasteiger partial charge in [-0.05, 0) is 32.4 Å². The summed E-state index contributed by atoms with van der Waals surface area (Å²) in [5, 5.41) is 8.25. The molecule has 0 rings (SSSR count). The summed E-state index contributed by atoms with van der Waals surface area (Å²) in [6, 6.07) is 0. The van der Waals surface area contributed by atoms with Crippen molar-refractivity contribution in [1.29, 1.82) is 0 Å². The molecule has 0 heterocycles. The summed E-state index contributed by atoms with van der Waals surface area (Å²) in [5.41, 5.74) is 10.5. The molecule has 0 unspecified atom stereocenters. The van der Waals surface area contributed by atoms with Crippen LogP contribution in [0.4, 0.5) is 0 Å². The SMILES string of the molecule is CC(C)=CC(=O)OCCO.NC(=O)C=CCC=CC(N)=O. The van der Waals surface area contributed by atoms with Crippen molar-refractivity contribution >= 4 is 17.8 Å². The Morgan fingerprint density at radius 1 is 1.05 bits per heavy atom. The van der Waals surface area contributed by atoms with Crippen molar-refractivity contribution in [2.75, 3.05) is 13.2 Å². The molecule has 7 heteroatoms. The average Bonchev–Trinajstić information content (AvgIpc) is 2.35. The first-order valence-electron chi connectivity index (χ1n) is 6.14. The number of rotatable bonds is 7. The number of carbonyl (C=O) groups is 3. The minimum absolute atomic E-state index is 0.0720. The molecule has 0 fully saturated rings. The molecule has 0 radical (unpaired) electrons. The molecule has 0 saturated carbocycles. The maximum absolute atomic E-state index is 10.6. The van der Waals surface area contributed by atoms with Crippen molar-refractivity contribution in [3.8, 4) is 0 Å². The van der Waals surface area contributed by atoms with Gasteiger partial charge in [-0.1, -0.05) is 17.7 Å². The van der Waals surface area contributed by atoms with Gasteiger partial charge in [-0.2, -0.15) is 0 Å². The van der Waals surface area contributed by atoms with Gasteiger partial charge in [0.2, 0.25) is 11.8 Å². The molecule has 0 aliphatic heterocycles. The van der Waals surface area contributed by atoms with Gasteiger partial charge in [-0.3, -0.25) is 9.59 Å². The van der Waals surface area contributed by atoms with Gasteiger partial charge in [0.1, 0.15) is 6.61 Å². The number of ether oxygens (including phenoxy) is 1. The van der Waals surface area contributed by atoms with Gasteiger partial charge in [0.15, 0.2) is 0 Å². The summed E-state index contributed by atoms with van der Waals surface area (Å²) in [7, 11) is 0. The number of hydrogen-bond acceptors (Lipinski definition) is 5. The van der Waals surface area contributed by atoms with E-state index in [2.05, 4.69) is 4.74 Å². The zero-order valence-corrected chi connectivity index (χ0v) is 12.2. The Morgan fingerprint density at radius 3 is 1.86 bits per heavy atom. The van der Waals surface area contributed by atoms with E-state index in [1.807, 2.05) is 0 Å². The van der Waals surface area contributed by atoms with E-state index in [0.29, 0.717) is 6.42 Å². The number of aliphatic hydroxyl groups excluding tert-OH is 1. The first kappa shape index (κ1) is 20.9. The second-order valence-electron chi connectivity index (χ2n) is 3.96. The lowest BCUT2D eigenvalue weighted by Gasteiger charge is -1.96. The Bertz CT molecular complexity index is 399. The highest BCUT2D eigenvalue weighted by Gasteiger charge is 1.94. The lowest BCUT2D eigenvalue weighted by Crippen LogP contribution is -2.05. The lowest BCUT2D eigenvalue weighted by molar-refractivity contribution is -0.138. The van der Waals surface area contributed by atoms with Crippen LogP contribution < -0.4 is 11.5 Å². The second-order valence-corrected chi connectivity index (χ2v) is 3.96. The molecule has 0 aliphatic carbocycles. The molecule has 2 amide bonds. The van der Waals surface area contributed by atoms with Crippen molar-refractivity contribution in [1.82, 2.24) is 0 Å². The number of aliphatic hydroxyl groups is 1. The molecule has 0 aliphatic rings. The maximum atomic E-state index is 10.6. The molecule has 7 nitrogen and oxygen atoms in total. The predicted molar refractivity (Wildman–Crippen MR) is 78.8 cm³/mol. The number of amides is 2. The first-order chi connectivity index (χ1) is 9.79. The van der Waals surface area contributed by atoms with E-state index in [0.717, 1.165) is 5.57 Å². The number of hydrogen-bond donors (Lipinski definition) is 3. The summed E-state index contributed by atoms with van der Waals surface area (Å²) in [6.45, 7) is 3.56. The highest BCUT2D eigenvalue weighted by molar-refractivity contribution is 5.86. The fourth-order valence-corrected chi connectivity index (χ4v) is 0.871. The van der Waals surface area contributed by atoms with Gasteiger partial charge < -0.3 is 21.3 Å². The molecule has 118 valence electrons. The third-order valence-corrected chi connectivity index (χ3v) is 1.58. The largest absolute Gasteiger partial charge is 0.460 e. The van der Waals surface area contributed by atoms with Crippen LogP contribution in [-0.2, 0) is 19.1 Å².